The second-order valence-electron chi connectivity index (χ2n) is 3.47. The Labute approximate surface area is 66.9 Å². The van der Waals surface area contributed by atoms with Crippen LogP contribution in [0.2, 0.25) is 0 Å². The molecule has 2 heterocycles. The summed E-state index contributed by atoms with van der Waals surface area (Å²) in [6, 6.07) is 0.365. The molecule has 0 aromatic carbocycles. The minimum absolute atomic E-state index is 0.123. The van der Waals surface area contributed by atoms with Crippen molar-refractivity contribution in [3.63, 3.8) is 0 Å². The van der Waals surface area contributed by atoms with Gasteiger partial charge >= 0.3 is 0 Å². The maximum Gasteiger partial charge on any atom is 0.115 e. The lowest BCUT2D eigenvalue weighted by molar-refractivity contribution is -0.219. The number of nitrogens with zero attached hydrogens (tertiary/aromatic N) is 1. The zero-order valence-electron chi connectivity index (χ0n) is 6.40. The minimum atomic E-state index is 0.123. The van der Waals surface area contributed by atoms with E-state index in [2.05, 4.69) is 0 Å². The van der Waals surface area contributed by atoms with Crippen molar-refractivity contribution >= 4 is 0 Å². The molecular weight excluding hydrogens is 142 g/mol. The summed E-state index contributed by atoms with van der Waals surface area (Å²) in [5.74, 6) is 0. The van der Waals surface area contributed by atoms with Crippen molar-refractivity contribution in [2.75, 3.05) is 0 Å². The molecule has 2 unspecified atom stereocenters. The fourth-order valence-electron chi connectivity index (χ4n) is 2.20. The Bertz CT molecular complexity index is 137. The van der Waals surface area contributed by atoms with Crippen LogP contribution in [0.1, 0.15) is 25.7 Å². The van der Waals surface area contributed by atoms with Crippen molar-refractivity contribution in [1.29, 1.82) is 0 Å². The molecule has 61 valence electrons. The zero-order valence-corrected chi connectivity index (χ0v) is 6.40. The summed E-state index contributed by atoms with van der Waals surface area (Å²) < 4.78 is 4.75. The fraction of sp³-hybridized carbons (Fsp3) is 0.875. The molecule has 0 N–H and O–H groups in total. The molecule has 0 amide bonds. The first-order valence-electron chi connectivity index (χ1n) is 4.12. The molecule has 2 rings (SSSR count). The van der Waals surface area contributed by atoms with E-state index < -0.39 is 0 Å². The Morgan fingerprint density at radius 1 is 1.27 bits per heavy atom. The first kappa shape index (κ1) is 7.53. The average Bonchev–Trinajstić information content (AvgIpc) is 2.26. The van der Waals surface area contributed by atoms with Gasteiger partial charge in [-0.1, -0.05) is 0 Å². The van der Waals surface area contributed by atoms with Gasteiger partial charge in [0.1, 0.15) is 7.11 Å². The Kier molecular flexibility index (Phi) is 1.87. The van der Waals surface area contributed by atoms with Crippen molar-refractivity contribution < 1.29 is 9.94 Å². The molecule has 0 spiro atoms. The van der Waals surface area contributed by atoms with E-state index in [0.29, 0.717) is 0 Å². The molecule has 2 fully saturated rings. The van der Waals surface area contributed by atoms with Gasteiger partial charge in [0.15, 0.2) is 0 Å². The monoisotopic (exact) mass is 154 g/mol. The third-order valence-electron chi connectivity index (χ3n) is 2.82. The fourth-order valence-corrected chi connectivity index (χ4v) is 2.20. The highest BCUT2D eigenvalue weighted by atomic mass is 16.5. The normalized spacial score (nSPS) is 44.7. The van der Waals surface area contributed by atoms with Crippen LogP contribution >= 0.6 is 0 Å². The van der Waals surface area contributed by atoms with Crippen LogP contribution < -0.4 is 0 Å². The summed E-state index contributed by atoms with van der Waals surface area (Å²) in [4.78, 5) is 0. The molecule has 3 radical (unpaired) electrons. The van der Waals surface area contributed by atoms with E-state index in [1.54, 1.807) is 0 Å². The van der Waals surface area contributed by atoms with Gasteiger partial charge in [0.25, 0.3) is 0 Å². The van der Waals surface area contributed by atoms with Gasteiger partial charge in [-0.15, -0.1) is 10.3 Å². The highest BCUT2D eigenvalue weighted by Gasteiger charge is 2.41. The molecule has 0 aliphatic carbocycles. The number of piperidine rings is 1. The van der Waals surface area contributed by atoms with Gasteiger partial charge in [0.2, 0.25) is 0 Å². The third-order valence-corrected chi connectivity index (χ3v) is 2.82. The number of rotatable bonds is 1. The lowest BCUT2D eigenvalue weighted by Crippen LogP contribution is -2.41. The van der Waals surface area contributed by atoms with E-state index in [4.69, 9.17) is 11.8 Å². The topological polar surface area (TPSA) is 32.4 Å². The van der Waals surface area contributed by atoms with Gasteiger partial charge < -0.3 is 4.74 Å². The predicted octanol–water partition coefficient (Wildman–Crippen LogP) is 1.01. The van der Waals surface area contributed by atoms with Crippen LogP contribution in [0.25, 0.3) is 0 Å². The quantitative estimate of drug-likeness (QED) is 0.564. The molecular formula is C8H12NO2. The molecule has 3 nitrogen and oxygen atoms in total. The zero-order chi connectivity index (χ0) is 7.84. The standard InChI is InChI=1S/C8H12NO2/c1-11-8-4-6-2-3-7(5-8)9(6)10/h1,6-8H,2-5H2. The van der Waals surface area contributed by atoms with E-state index in [1.807, 2.05) is 0 Å². The van der Waals surface area contributed by atoms with Crippen molar-refractivity contribution in [2.24, 2.45) is 0 Å². The van der Waals surface area contributed by atoms with Crippen molar-refractivity contribution in [3.05, 3.63) is 7.11 Å². The number of ether oxygens (including phenoxy) is 1. The molecule has 11 heavy (non-hydrogen) atoms. The van der Waals surface area contributed by atoms with Gasteiger partial charge in [-0.3, -0.25) is 0 Å². The highest BCUT2D eigenvalue weighted by molar-refractivity contribution is 4.91. The maximum atomic E-state index is 11.3. The van der Waals surface area contributed by atoms with Crippen LogP contribution in [0.5, 0.6) is 0 Å². The lowest BCUT2D eigenvalue weighted by Gasteiger charge is -2.31. The van der Waals surface area contributed by atoms with E-state index in [1.165, 1.54) is 5.06 Å². The van der Waals surface area contributed by atoms with E-state index in [0.717, 1.165) is 25.7 Å². The predicted molar refractivity (Wildman–Crippen MR) is 37.7 cm³/mol. The Morgan fingerprint density at radius 3 is 2.27 bits per heavy atom. The molecule has 2 aliphatic rings. The van der Waals surface area contributed by atoms with Gasteiger partial charge in [-0.2, -0.15) is 0 Å². The van der Waals surface area contributed by atoms with Crippen LogP contribution in [0.15, 0.2) is 0 Å². The Hall–Kier alpha value is -0.120. The first-order chi connectivity index (χ1) is 5.31. The molecule has 0 aromatic heterocycles. The molecule has 0 saturated carbocycles. The Morgan fingerprint density at radius 2 is 1.82 bits per heavy atom. The van der Waals surface area contributed by atoms with Crippen molar-refractivity contribution in [2.45, 2.75) is 43.9 Å². The third kappa shape index (κ3) is 1.17. The van der Waals surface area contributed by atoms with E-state index >= 15 is 0 Å². The first-order valence-corrected chi connectivity index (χ1v) is 4.12. The smallest absolute Gasteiger partial charge is 0.115 e. The second-order valence-corrected chi connectivity index (χ2v) is 3.47. The molecule has 0 aromatic rings. The minimum Gasteiger partial charge on any atom is -0.369 e. The summed E-state index contributed by atoms with van der Waals surface area (Å²) in [7, 11) is 5.08. The van der Waals surface area contributed by atoms with Crippen LogP contribution in [-0.4, -0.2) is 23.3 Å². The van der Waals surface area contributed by atoms with Crippen molar-refractivity contribution in [3.8, 4) is 0 Å². The largest absolute Gasteiger partial charge is 0.369 e. The van der Waals surface area contributed by atoms with Gasteiger partial charge in [0, 0.05) is 12.1 Å². The van der Waals surface area contributed by atoms with Gasteiger partial charge in [0.05, 0.1) is 6.10 Å². The Balaban J connectivity index is 2.02. The number of hydrogen-bond acceptors (Lipinski definition) is 2. The molecule has 3 heteroatoms. The second kappa shape index (κ2) is 2.73. The van der Waals surface area contributed by atoms with Crippen LogP contribution in [0, 0.1) is 7.11 Å². The van der Waals surface area contributed by atoms with Crippen molar-refractivity contribution in [1.82, 2.24) is 5.06 Å². The highest BCUT2D eigenvalue weighted by Crippen LogP contribution is 2.35. The lowest BCUT2D eigenvalue weighted by atomic mass is 10.0. The molecule has 2 bridgehead atoms. The van der Waals surface area contributed by atoms with Crippen LogP contribution in [0.3, 0.4) is 0 Å². The van der Waals surface area contributed by atoms with Gasteiger partial charge in [-0.05, 0) is 25.7 Å². The maximum absolute atomic E-state index is 11.3. The summed E-state index contributed by atoms with van der Waals surface area (Å²) in [6.45, 7) is 0. The summed E-state index contributed by atoms with van der Waals surface area (Å²) in [5.41, 5.74) is 0. The van der Waals surface area contributed by atoms with Crippen LogP contribution in [0.4, 0.5) is 0 Å². The molecule has 2 atom stereocenters. The number of hydrogen-bond donors (Lipinski definition) is 0. The number of hydroxylamine groups is 2. The van der Waals surface area contributed by atoms with E-state index in [-0.39, 0.29) is 18.2 Å². The molecule has 2 aliphatic heterocycles. The summed E-state index contributed by atoms with van der Waals surface area (Å²) in [6.07, 6.45) is 3.80. The average molecular weight is 154 g/mol. The summed E-state index contributed by atoms with van der Waals surface area (Å²) in [5, 5.41) is 12.5. The van der Waals surface area contributed by atoms with E-state index in [9.17, 15) is 5.21 Å². The van der Waals surface area contributed by atoms with Gasteiger partial charge in [-0.25, -0.2) is 0 Å². The summed E-state index contributed by atoms with van der Waals surface area (Å²) >= 11 is 0. The van der Waals surface area contributed by atoms with Crippen LogP contribution in [-0.2, 0) is 9.94 Å². The number of fused-ring (bicyclic) bond motifs is 2. The molecule has 2 saturated heterocycles. The SMILES string of the molecule is [CH]OC1CC2CCC(C1)N2[O].